The molecule has 7 nitrogen and oxygen atoms in total. The van der Waals surface area contributed by atoms with Crippen LogP contribution >= 0.6 is 0 Å². The molecule has 21 heavy (non-hydrogen) atoms. The summed E-state index contributed by atoms with van der Waals surface area (Å²) >= 11 is 0. The molecule has 120 valence electrons. The third-order valence-corrected chi connectivity index (χ3v) is 5.54. The fourth-order valence-electron chi connectivity index (χ4n) is 2.65. The summed E-state index contributed by atoms with van der Waals surface area (Å²) in [7, 11) is -3.62. The highest BCUT2D eigenvalue weighted by molar-refractivity contribution is 7.89. The molecule has 1 aromatic rings. The van der Waals surface area contributed by atoms with Crippen molar-refractivity contribution in [2.24, 2.45) is 0 Å². The number of nitrogens with zero attached hydrogens (tertiary/aromatic N) is 2. The zero-order valence-electron chi connectivity index (χ0n) is 12.7. The van der Waals surface area contributed by atoms with Gasteiger partial charge in [-0.2, -0.15) is 5.10 Å². The van der Waals surface area contributed by atoms with Crippen LogP contribution in [0.1, 0.15) is 31.2 Å². The maximum Gasteiger partial charge on any atom is 0.244 e. The molecule has 0 amide bonds. The lowest BCUT2D eigenvalue weighted by Crippen LogP contribution is -2.39. The lowest BCUT2D eigenvalue weighted by atomic mass is 10.2. The van der Waals surface area contributed by atoms with E-state index in [1.54, 1.807) is 18.5 Å². The van der Waals surface area contributed by atoms with Crippen LogP contribution in [-0.4, -0.2) is 48.7 Å². The van der Waals surface area contributed by atoms with E-state index in [1.165, 1.54) is 0 Å². The summed E-state index contributed by atoms with van der Waals surface area (Å²) in [6.07, 6.45) is 1.10. The molecule has 0 spiro atoms. The highest BCUT2D eigenvalue weighted by Crippen LogP contribution is 2.22. The number of aromatic nitrogens is 2. The number of rotatable bonds is 6. The van der Waals surface area contributed by atoms with Crippen LogP contribution in [0.2, 0.25) is 0 Å². The predicted molar refractivity (Wildman–Crippen MR) is 77.5 cm³/mol. The van der Waals surface area contributed by atoms with Gasteiger partial charge in [-0.3, -0.25) is 4.68 Å². The van der Waals surface area contributed by atoms with E-state index in [0.29, 0.717) is 37.4 Å². The first-order valence-electron chi connectivity index (χ1n) is 7.15. The van der Waals surface area contributed by atoms with E-state index in [-0.39, 0.29) is 23.6 Å². The van der Waals surface area contributed by atoms with Gasteiger partial charge in [0.05, 0.1) is 23.5 Å². The molecule has 2 N–H and O–H groups in total. The molecule has 2 rings (SSSR count). The standard InChI is InChI=1S/C13H23N3O4S/c1-9-13(10(2)16(14-9)6-4-7-17)21(18,19)15-12-5-8-20-11(12)3/h11-12,15,17H,4-8H2,1-3H3. The molecule has 2 heterocycles. The van der Waals surface area contributed by atoms with Crippen LogP contribution in [-0.2, 0) is 21.3 Å². The van der Waals surface area contributed by atoms with Gasteiger partial charge >= 0.3 is 0 Å². The quantitative estimate of drug-likeness (QED) is 0.789. The van der Waals surface area contributed by atoms with E-state index in [9.17, 15) is 8.42 Å². The number of hydrogen-bond acceptors (Lipinski definition) is 5. The first-order chi connectivity index (χ1) is 9.86. The molecule has 1 aliphatic rings. The predicted octanol–water partition coefficient (Wildman–Crippen LogP) is 0.338. The SMILES string of the molecule is Cc1nn(CCCO)c(C)c1S(=O)(=O)NC1CCOC1C. The van der Waals surface area contributed by atoms with E-state index in [4.69, 9.17) is 9.84 Å². The minimum Gasteiger partial charge on any atom is -0.396 e. The van der Waals surface area contributed by atoms with E-state index in [0.717, 1.165) is 0 Å². The Morgan fingerprint density at radius 3 is 2.76 bits per heavy atom. The summed E-state index contributed by atoms with van der Waals surface area (Å²) in [5.41, 5.74) is 1.07. The highest BCUT2D eigenvalue weighted by Gasteiger charge is 2.32. The fraction of sp³-hybridized carbons (Fsp3) is 0.769. The summed E-state index contributed by atoms with van der Waals surface area (Å²) in [6, 6.07) is -0.199. The smallest absolute Gasteiger partial charge is 0.244 e. The molecule has 1 aliphatic heterocycles. The van der Waals surface area contributed by atoms with Gasteiger partial charge in [0.25, 0.3) is 0 Å². The molecule has 0 aromatic carbocycles. The van der Waals surface area contributed by atoms with Crippen molar-refractivity contribution < 1.29 is 18.3 Å². The Bertz CT molecular complexity index is 597. The van der Waals surface area contributed by atoms with Crippen molar-refractivity contribution >= 4 is 10.0 Å². The second kappa shape index (κ2) is 6.43. The first kappa shape index (κ1) is 16.4. The minimum atomic E-state index is -3.62. The third-order valence-electron chi connectivity index (χ3n) is 3.79. The Morgan fingerprint density at radius 2 is 2.19 bits per heavy atom. The van der Waals surface area contributed by atoms with E-state index in [1.807, 2.05) is 6.92 Å². The Kier molecular flexibility index (Phi) is 5.03. The molecule has 0 aliphatic carbocycles. The van der Waals surface area contributed by atoms with Crippen molar-refractivity contribution in [2.45, 2.75) is 57.2 Å². The van der Waals surface area contributed by atoms with Crippen LogP contribution < -0.4 is 4.72 Å². The van der Waals surface area contributed by atoms with Gasteiger partial charge in [-0.15, -0.1) is 0 Å². The van der Waals surface area contributed by atoms with Crippen LogP contribution in [0.15, 0.2) is 4.90 Å². The Labute approximate surface area is 125 Å². The molecule has 2 unspecified atom stereocenters. The molecule has 0 saturated carbocycles. The summed E-state index contributed by atoms with van der Waals surface area (Å²) in [6.45, 7) is 6.41. The maximum atomic E-state index is 12.6. The van der Waals surface area contributed by atoms with Gasteiger partial charge in [0.1, 0.15) is 4.90 Å². The average Bonchev–Trinajstić information content (AvgIpc) is 2.91. The van der Waals surface area contributed by atoms with Crippen LogP contribution in [0.4, 0.5) is 0 Å². The number of aliphatic hydroxyl groups is 1. The van der Waals surface area contributed by atoms with Gasteiger partial charge in [0.15, 0.2) is 0 Å². The molecule has 8 heteroatoms. The summed E-state index contributed by atoms with van der Waals surface area (Å²) < 4.78 is 34.9. The van der Waals surface area contributed by atoms with E-state index >= 15 is 0 Å². The second-order valence-corrected chi connectivity index (χ2v) is 7.04. The van der Waals surface area contributed by atoms with Crippen molar-refractivity contribution in [1.29, 1.82) is 0 Å². The number of sulfonamides is 1. The van der Waals surface area contributed by atoms with Gasteiger partial charge < -0.3 is 9.84 Å². The zero-order chi connectivity index (χ0) is 15.6. The Balaban J connectivity index is 2.25. The third kappa shape index (κ3) is 3.45. The van der Waals surface area contributed by atoms with Crippen molar-refractivity contribution in [3.8, 4) is 0 Å². The molecule has 1 aromatic heterocycles. The molecule has 1 fully saturated rings. The number of hydrogen-bond donors (Lipinski definition) is 2. The second-order valence-electron chi connectivity index (χ2n) is 5.39. The molecule has 2 atom stereocenters. The average molecular weight is 317 g/mol. The van der Waals surface area contributed by atoms with Crippen molar-refractivity contribution in [1.82, 2.24) is 14.5 Å². The van der Waals surface area contributed by atoms with Crippen molar-refractivity contribution in [3.63, 3.8) is 0 Å². The summed E-state index contributed by atoms with van der Waals surface area (Å²) in [5.74, 6) is 0. The zero-order valence-corrected chi connectivity index (χ0v) is 13.5. The van der Waals surface area contributed by atoms with Gasteiger partial charge in [-0.1, -0.05) is 0 Å². The molecular weight excluding hydrogens is 294 g/mol. The first-order valence-corrected chi connectivity index (χ1v) is 8.64. The topological polar surface area (TPSA) is 93.5 Å². The number of aliphatic hydroxyl groups excluding tert-OH is 1. The van der Waals surface area contributed by atoms with Crippen molar-refractivity contribution in [2.75, 3.05) is 13.2 Å². The summed E-state index contributed by atoms with van der Waals surface area (Å²) in [4.78, 5) is 0.236. The van der Waals surface area contributed by atoms with Crippen LogP contribution in [0, 0.1) is 13.8 Å². The van der Waals surface area contributed by atoms with Gasteiger partial charge in [0.2, 0.25) is 10.0 Å². The van der Waals surface area contributed by atoms with Crippen molar-refractivity contribution in [3.05, 3.63) is 11.4 Å². The largest absolute Gasteiger partial charge is 0.396 e. The molecule has 0 bridgehead atoms. The maximum absolute atomic E-state index is 12.6. The van der Waals surface area contributed by atoms with Gasteiger partial charge in [0, 0.05) is 19.8 Å². The lowest BCUT2D eigenvalue weighted by Gasteiger charge is -2.16. The van der Waals surface area contributed by atoms with Crippen LogP contribution in [0.5, 0.6) is 0 Å². The normalized spacial score (nSPS) is 22.9. The number of aryl methyl sites for hydroxylation is 2. The fourth-order valence-corrected chi connectivity index (χ4v) is 4.40. The van der Waals surface area contributed by atoms with E-state index in [2.05, 4.69) is 9.82 Å². The van der Waals surface area contributed by atoms with Gasteiger partial charge in [-0.25, -0.2) is 13.1 Å². The Morgan fingerprint density at radius 1 is 1.48 bits per heavy atom. The number of nitrogens with one attached hydrogen (secondary N) is 1. The Hall–Kier alpha value is -0.960. The molecular formula is C13H23N3O4S. The highest BCUT2D eigenvalue weighted by atomic mass is 32.2. The summed E-state index contributed by atoms with van der Waals surface area (Å²) in [5, 5.41) is 13.2. The minimum absolute atomic E-state index is 0.0512. The molecule has 1 saturated heterocycles. The monoisotopic (exact) mass is 317 g/mol. The van der Waals surface area contributed by atoms with Crippen LogP contribution in [0.3, 0.4) is 0 Å². The van der Waals surface area contributed by atoms with Crippen LogP contribution in [0.25, 0.3) is 0 Å². The van der Waals surface area contributed by atoms with E-state index < -0.39 is 10.0 Å². The van der Waals surface area contributed by atoms with Gasteiger partial charge in [-0.05, 0) is 33.6 Å². The molecule has 0 radical (unpaired) electrons. The number of ether oxygens (including phenoxy) is 1. The lowest BCUT2D eigenvalue weighted by molar-refractivity contribution is 0.117.